The van der Waals surface area contributed by atoms with Crippen LogP contribution in [0.15, 0.2) is 6.07 Å². The van der Waals surface area contributed by atoms with E-state index in [9.17, 15) is 0 Å². The summed E-state index contributed by atoms with van der Waals surface area (Å²) in [6.45, 7) is 0.496. The minimum atomic E-state index is 0.230. The van der Waals surface area contributed by atoms with Crippen LogP contribution in [0.3, 0.4) is 0 Å². The van der Waals surface area contributed by atoms with Gasteiger partial charge in [0, 0.05) is 12.6 Å². The van der Waals surface area contributed by atoms with Crippen LogP contribution in [0.1, 0.15) is 44.2 Å². The highest BCUT2D eigenvalue weighted by atomic mass is 16.5. The molecule has 4 bridgehead atoms. The molecule has 1 aromatic rings. The second kappa shape index (κ2) is 3.98. The second-order valence-electron chi connectivity index (χ2n) is 6.94. The minimum Gasteiger partial charge on any atom is -0.481 e. The van der Waals surface area contributed by atoms with Crippen molar-refractivity contribution < 1.29 is 4.74 Å². The third-order valence-electron chi connectivity index (χ3n) is 5.60. The Morgan fingerprint density at radius 2 is 1.84 bits per heavy atom. The molecule has 2 N–H and O–H groups in total. The smallest absolute Gasteiger partial charge is 0.212 e. The molecule has 5 rings (SSSR count). The Morgan fingerprint density at radius 1 is 1.26 bits per heavy atom. The van der Waals surface area contributed by atoms with Gasteiger partial charge in [0.15, 0.2) is 0 Å². The van der Waals surface area contributed by atoms with Crippen molar-refractivity contribution in [2.24, 2.45) is 23.5 Å². The maximum atomic E-state index is 5.75. The fourth-order valence-electron chi connectivity index (χ4n) is 5.32. The molecule has 4 saturated carbocycles. The summed E-state index contributed by atoms with van der Waals surface area (Å²) in [5, 5.41) is 4.76. The average molecular weight is 261 g/mol. The molecule has 1 aromatic heterocycles. The summed E-state index contributed by atoms with van der Waals surface area (Å²) < 4.78 is 7.76. The van der Waals surface area contributed by atoms with Crippen molar-refractivity contribution in [2.75, 3.05) is 7.11 Å². The molecule has 4 fully saturated rings. The summed E-state index contributed by atoms with van der Waals surface area (Å²) in [5.74, 6) is 3.66. The molecule has 0 aliphatic heterocycles. The lowest BCUT2D eigenvalue weighted by molar-refractivity contribution is -0.0526. The van der Waals surface area contributed by atoms with Crippen molar-refractivity contribution in [1.82, 2.24) is 9.78 Å². The van der Waals surface area contributed by atoms with Gasteiger partial charge >= 0.3 is 0 Å². The van der Waals surface area contributed by atoms with Crippen LogP contribution in [0, 0.1) is 17.8 Å². The van der Waals surface area contributed by atoms with Crippen molar-refractivity contribution in [1.29, 1.82) is 0 Å². The van der Waals surface area contributed by atoms with Crippen molar-refractivity contribution >= 4 is 0 Å². The quantitative estimate of drug-likeness (QED) is 0.908. The Balaban J connectivity index is 1.76. The lowest BCUT2D eigenvalue weighted by Gasteiger charge is -2.56. The van der Waals surface area contributed by atoms with Gasteiger partial charge in [-0.25, -0.2) is 4.68 Å². The highest BCUT2D eigenvalue weighted by Gasteiger charge is 2.53. The number of hydrogen-bond donors (Lipinski definition) is 1. The number of ether oxygens (including phenoxy) is 1. The van der Waals surface area contributed by atoms with Gasteiger partial charge in [0.05, 0.1) is 18.3 Å². The summed E-state index contributed by atoms with van der Waals surface area (Å²) in [5.41, 5.74) is 6.93. The van der Waals surface area contributed by atoms with E-state index < -0.39 is 0 Å². The molecule has 1 heterocycles. The summed E-state index contributed by atoms with van der Waals surface area (Å²) in [7, 11) is 1.74. The average Bonchev–Trinajstić information content (AvgIpc) is 2.81. The van der Waals surface area contributed by atoms with Gasteiger partial charge < -0.3 is 10.5 Å². The van der Waals surface area contributed by atoms with Crippen molar-refractivity contribution in [3.05, 3.63) is 11.8 Å². The zero-order chi connectivity index (χ0) is 13.0. The number of hydrogen-bond acceptors (Lipinski definition) is 3. The topological polar surface area (TPSA) is 53.1 Å². The fraction of sp³-hybridized carbons (Fsp3) is 0.800. The van der Waals surface area contributed by atoms with Gasteiger partial charge in [-0.1, -0.05) is 0 Å². The molecule has 19 heavy (non-hydrogen) atoms. The Labute approximate surface area is 114 Å². The molecule has 4 heteroatoms. The molecule has 0 radical (unpaired) electrons. The van der Waals surface area contributed by atoms with Gasteiger partial charge in [-0.2, -0.15) is 5.10 Å². The van der Waals surface area contributed by atoms with E-state index in [4.69, 9.17) is 15.6 Å². The Hall–Kier alpha value is -1.03. The van der Waals surface area contributed by atoms with Crippen LogP contribution >= 0.6 is 0 Å². The number of nitrogens with two attached hydrogens (primary N) is 1. The summed E-state index contributed by atoms with van der Waals surface area (Å²) in [6, 6.07) is 2.01. The molecule has 0 spiro atoms. The molecule has 4 nitrogen and oxygen atoms in total. The third-order valence-corrected chi connectivity index (χ3v) is 5.60. The highest BCUT2D eigenvalue weighted by Crippen LogP contribution is 2.59. The zero-order valence-corrected chi connectivity index (χ0v) is 11.6. The monoisotopic (exact) mass is 261 g/mol. The van der Waals surface area contributed by atoms with E-state index in [1.54, 1.807) is 7.11 Å². The molecular weight excluding hydrogens is 238 g/mol. The molecule has 0 unspecified atom stereocenters. The second-order valence-corrected chi connectivity index (χ2v) is 6.94. The minimum absolute atomic E-state index is 0.230. The lowest BCUT2D eigenvalue weighted by atomic mass is 9.53. The van der Waals surface area contributed by atoms with Gasteiger partial charge in [0.1, 0.15) is 0 Å². The first kappa shape index (κ1) is 11.8. The van der Waals surface area contributed by atoms with E-state index in [0.717, 1.165) is 29.3 Å². The molecule has 104 valence electrons. The normalized spacial score (nSPS) is 39.8. The highest BCUT2D eigenvalue weighted by molar-refractivity contribution is 5.20. The van der Waals surface area contributed by atoms with Gasteiger partial charge in [-0.05, 0) is 56.3 Å². The fourth-order valence-corrected chi connectivity index (χ4v) is 5.32. The van der Waals surface area contributed by atoms with E-state index in [2.05, 4.69) is 4.68 Å². The molecular formula is C15H23N3O. The van der Waals surface area contributed by atoms with E-state index in [1.165, 1.54) is 38.5 Å². The molecule has 0 saturated heterocycles. The van der Waals surface area contributed by atoms with Gasteiger partial charge in [-0.3, -0.25) is 0 Å². The van der Waals surface area contributed by atoms with Crippen LogP contribution in [-0.2, 0) is 12.1 Å². The lowest BCUT2D eigenvalue weighted by Crippen LogP contribution is -2.52. The Kier molecular flexibility index (Phi) is 2.47. The predicted molar refractivity (Wildman–Crippen MR) is 72.8 cm³/mol. The van der Waals surface area contributed by atoms with Crippen LogP contribution in [0.5, 0.6) is 5.88 Å². The van der Waals surface area contributed by atoms with Crippen LogP contribution < -0.4 is 10.5 Å². The maximum absolute atomic E-state index is 5.75. The largest absolute Gasteiger partial charge is 0.481 e. The van der Waals surface area contributed by atoms with Crippen LogP contribution in [0.4, 0.5) is 0 Å². The summed E-state index contributed by atoms with van der Waals surface area (Å²) in [6.07, 6.45) is 8.23. The molecule has 0 amide bonds. The molecule has 0 aromatic carbocycles. The van der Waals surface area contributed by atoms with E-state index >= 15 is 0 Å². The Bertz CT molecular complexity index is 458. The first-order valence-corrected chi connectivity index (χ1v) is 7.56. The number of nitrogens with zero attached hydrogens (tertiary/aromatic N) is 2. The van der Waals surface area contributed by atoms with Crippen LogP contribution in [0.2, 0.25) is 0 Å². The maximum Gasteiger partial charge on any atom is 0.212 e. The Morgan fingerprint density at radius 3 is 2.32 bits per heavy atom. The van der Waals surface area contributed by atoms with Crippen LogP contribution in [0.25, 0.3) is 0 Å². The SMILES string of the molecule is COc1cc(CN)nn1C12CC3CC(CC(C3)C1)C2. The molecule has 4 aliphatic carbocycles. The standard InChI is InChI=1S/C15H23N3O/c1-19-14-5-13(9-16)17-18(14)15-6-10-2-11(7-15)4-12(3-10)8-15/h5,10-12H,2-4,6-9,16H2,1H3. The molecule has 4 aliphatic rings. The van der Waals surface area contributed by atoms with E-state index in [0.29, 0.717) is 6.54 Å². The van der Waals surface area contributed by atoms with Crippen molar-refractivity contribution in [3.8, 4) is 5.88 Å². The first-order valence-electron chi connectivity index (χ1n) is 7.56. The van der Waals surface area contributed by atoms with Gasteiger partial charge in [0.2, 0.25) is 5.88 Å². The number of aromatic nitrogens is 2. The van der Waals surface area contributed by atoms with Crippen LogP contribution in [-0.4, -0.2) is 16.9 Å². The van der Waals surface area contributed by atoms with Gasteiger partial charge in [-0.15, -0.1) is 0 Å². The van der Waals surface area contributed by atoms with Crippen molar-refractivity contribution in [2.45, 2.75) is 50.6 Å². The van der Waals surface area contributed by atoms with Gasteiger partial charge in [0.25, 0.3) is 0 Å². The number of methoxy groups -OCH3 is 1. The molecule has 0 atom stereocenters. The zero-order valence-electron chi connectivity index (χ0n) is 11.6. The van der Waals surface area contributed by atoms with E-state index in [1.807, 2.05) is 6.07 Å². The third kappa shape index (κ3) is 1.65. The van der Waals surface area contributed by atoms with E-state index in [-0.39, 0.29) is 5.54 Å². The summed E-state index contributed by atoms with van der Waals surface area (Å²) >= 11 is 0. The number of rotatable bonds is 3. The summed E-state index contributed by atoms with van der Waals surface area (Å²) in [4.78, 5) is 0. The predicted octanol–water partition coefficient (Wildman–Crippen LogP) is 2.28. The van der Waals surface area contributed by atoms with Crippen molar-refractivity contribution in [3.63, 3.8) is 0 Å². The first-order chi connectivity index (χ1) is 9.22.